The van der Waals surface area contributed by atoms with Gasteiger partial charge in [0.2, 0.25) is 0 Å². The highest BCUT2D eigenvalue weighted by Gasteiger charge is 2.27. The fourth-order valence-corrected chi connectivity index (χ4v) is 2.57. The standard InChI is InChI=1S/C11H14O4S/c1-4-15-11(12)16(13,14)10-7-8(2)5-6-9(10)3/h5-7H,4H2,1-3H3. The molecular weight excluding hydrogens is 228 g/mol. The van der Waals surface area contributed by atoms with E-state index in [4.69, 9.17) is 0 Å². The normalized spacial score (nSPS) is 11.2. The lowest BCUT2D eigenvalue weighted by Gasteiger charge is -2.07. The van der Waals surface area contributed by atoms with Gasteiger partial charge >= 0.3 is 5.30 Å². The highest BCUT2D eigenvalue weighted by Crippen LogP contribution is 2.19. The van der Waals surface area contributed by atoms with Crippen molar-refractivity contribution >= 4 is 15.1 Å². The number of hydrogen-bond donors (Lipinski definition) is 0. The number of carbonyl (C=O) groups excluding carboxylic acids is 1. The van der Waals surface area contributed by atoms with E-state index < -0.39 is 15.1 Å². The van der Waals surface area contributed by atoms with Crippen LogP contribution in [0, 0.1) is 13.8 Å². The molecule has 0 aromatic heterocycles. The SMILES string of the molecule is CCOC(=O)S(=O)(=O)c1cc(C)ccc1C. The summed E-state index contributed by atoms with van der Waals surface area (Å²) in [7, 11) is -4.02. The van der Waals surface area contributed by atoms with E-state index in [1.165, 1.54) is 6.07 Å². The first-order valence-electron chi connectivity index (χ1n) is 4.88. The van der Waals surface area contributed by atoms with Gasteiger partial charge in [-0.2, -0.15) is 0 Å². The van der Waals surface area contributed by atoms with Crippen LogP contribution in [0.3, 0.4) is 0 Å². The third-order valence-corrected chi connectivity index (χ3v) is 3.69. The highest BCUT2D eigenvalue weighted by atomic mass is 32.2. The minimum Gasteiger partial charge on any atom is -0.454 e. The van der Waals surface area contributed by atoms with Gasteiger partial charge in [-0.3, -0.25) is 0 Å². The lowest BCUT2D eigenvalue weighted by atomic mass is 10.2. The third-order valence-electron chi connectivity index (χ3n) is 2.11. The predicted molar refractivity (Wildman–Crippen MR) is 60.1 cm³/mol. The highest BCUT2D eigenvalue weighted by molar-refractivity contribution is 8.05. The monoisotopic (exact) mass is 242 g/mol. The second-order valence-corrected chi connectivity index (χ2v) is 5.24. The Bertz CT molecular complexity index is 503. The number of carbonyl (C=O) groups is 1. The van der Waals surface area contributed by atoms with Crippen molar-refractivity contribution < 1.29 is 17.9 Å². The number of sulfone groups is 1. The van der Waals surface area contributed by atoms with Gasteiger partial charge in [-0.25, -0.2) is 13.2 Å². The lowest BCUT2D eigenvalue weighted by Crippen LogP contribution is -2.17. The zero-order valence-electron chi connectivity index (χ0n) is 9.48. The number of ether oxygens (including phenoxy) is 1. The molecule has 1 aromatic carbocycles. The van der Waals surface area contributed by atoms with E-state index in [0.29, 0.717) is 5.56 Å². The van der Waals surface area contributed by atoms with Crippen molar-refractivity contribution in [2.75, 3.05) is 6.61 Å². The second-order valence-electron chi connectivity index (χ2n) is 3.46. The molecule has 0 spiro atoms. The first-order chi connectivity index (χ1) is 7.39. The molecule has 0 radical (unpaired) electrons. The van der Waals surface area contributed by atoms with E-state index in [1.54, 1.807) is 32.9 Å². The average Bonchev–Trinajstić information content (AvgIpc) is 2.22. The first-order valence-corrected chi connectivity index (χ1v) is 6.37. The molecule has 0 amide bonds. The smallest absolute Gasteiger partial charge is 0.429 e. The second kappa shape index (κ2) is 4.65. The van der Waals surface area contributed by atoms with Gasteiger partial charge in [0.25, 0.3) is 9.84 Å². The quantitative estimate of drug-likeness (QED) is 0.746. The fraction of sp³-hybridized carbons (Fsp3) is 0.364. The van der Waals surface area contributed by atoms with Crippen LogP contribution in [-0.2, 0) is 14.6 Å². The molecule has 0 atom stereocenters. The molecule has 1 aromatic rings. The molecule has 0 aliphatic carbocycles. The molecule has 0 unspecified atom stereocenters. The maximum absolute atomic E-state index is 11.8. The fourth-order valence-electron chi connectivity index (χ4n) is 1.28. The Labute approximate surface area is 95.2 Å². The van der Waals surface area contributed by atoms with Crippen molar-refractivity contribution in [1.82, 2.24) is 0 Å². The molecule has 0 saturated carbocycles. The Kier molecular flexibility index (Phi) is 3.70. The van der Waals surface area contributed by atoms with E-state index in [0.717, 1.165) is 5.56 Å². The number of aryl methyl sites for hydroxylation is 2. The van der Waals surface area contributed by atoms with Gasteiger partial charge < -0.3 is 4.74 Å². The van der Waals surface area contributed by atoms with Gasteiger partial charge in [0.05, 0.1) is 11.5 Å². The summed E-state index contributed by atoms with van der Waals surface area (Å²) in [5.41, 5.74) is 1.33. The Balaban J connectivity index is 3.27. The van der Waals surface area contributed by atoms with Crippen LogP contribution in [0.4, 0.5) is 4.79 Å². The topological polar surface area (TPSA) is 60.4 Å². The molecule has 0 aliphatic rings. The summed E-state index contributed by atoms with van der Waals surface area (Å²) in [6.45, 7) is 5.02. The molecule has 0 saturated heterocycles. The van der Waals surface area contributed by atoms with E-state index in [9.17, 15) is 13.2 Å². The average molecular weight is 242 g/mol. The van der Waals surface area contributed by atoms with Crippen molar-refractivity contribution in [2.24, 2.45) is 0 Å². The van der Waals surface area contributed by atoms with Crippen LogP contribution in [0.5, 0.6) is 0 Å². The summed E-state index contributed by atoms with van der Waals surface area (Å²) in [6, 6.07) is 4.93. The minimum atomic E-state index is -4.02. The summed E-state index contributed by atoms with van der Waals surface area (Å²) in [5.74, 6) is 0. The van der Waals surface area contributed by atoms with Crippen molar-refractivity contribution in [1.29, 1.82) is 0 Å². The van der Waals surface area contributed by atoms with Crippen molar-refractivity contribution in [3.8, 4) is 0 Å². The summed E-state index contributed by atoms with van der Waals surface area (Å²) in [5, 5.41) is -1.19. The first kappa shape index (κ1) is 12.7. The molecule has 0 fully saturated rings. The summed E-state index contributed by atoms with van der Waals surface area (Å²) >= 11 is 0. The molecule has 0 N–H and O–H groups in total. The van der Waals surface area contributed by atoms with Gasteiger partial charge in [-0.1, -0.05) is 12.1 Å². The van der Waals surface area contributed by atoms with E-state index in [2.05, 4.69) is 4.74 Å². The van der Waals surface area contributed by atoms with E-state index in [-0.39, 0.29) is 11.5 Å². The van der Waals surface area contributed by atoms with Crippen molar-refractivity contribution in [3.63, 3.8) is 0 Å². The molecule has 0 aliphatic heterocycles. The molecule has 1 rings (SSSR count). The van der Waals surface area contributed by atoms with Gasteiger partial charge in [-0.15, -0.1) is 0 Å². The zero-order chi connectivity index (χ0) is 12.3. The molecule has 16 heavy (non-hydrogen) atoms. The molecule has 4 nitrogen and oxygen atoms in total. The minimum absolute atomic E-state index is 0.0194. The number of benzene rings is 1. The predicted octanol–water partition coefficient (Wildman–Crippen LogP) is 2.23. The maximum atomic E-state index is 11.8. The van der Waals surface area contributed by atoms with Crippen LogP contribution in [-0.4, -0.2) is 20.3 Å². The van der Waals surface area contributed by atoms with E-state index >= 15 is 0 Å². The molecule has 5 heteroatoms. The van der Waals surface area contributed by atoms with Crippen molar-refractivity contribution in [2.45, 2.75) is 25.7 Å². The van der Waals surface area contributed by atoms with Crippen LogP contribution in [0.25, 0.3) is 0 Å². The third kappa shape index (κ3) is 2.41. The van der Waals surface area contributed by atoms with E-state index in [1.807, 2.05) is 0 Å². The van der Waals surface area contributed by atoms with Gasteiger partial charge in [-0.05, 0) is 38.0 Å². The molecule has 0 bridgehead atoms. The van der Waals surface area contributed by atoms with Crippen LogP contribution in [0.2, 0.25) is 0 Å². The van der Waals surface area contributed by atoms with Crippen LogP contribution in [0.1, 0.15) is 18.1 Å². The van der Waals surface area contributed by atoms with Crippen molar-refractivity contribution in [3.05, 3.63) is 29.3 Å². The summed E-state index contributed by atoms with van der Waals surface area (Å²) in [4.78, 5) is 11.3. The molecule has 0 heterocycles. The Morgan fingerprint density at radius 2 is 1.94 bits per heavy atom. The summed E-state index contributed by atoms with van der Waals surface area (Å²) < 4.78 is 28.2. The zero-order valence-corrected chi connectivity index (χ0v) is 10.3. The largest absolute Gasteiger partial charge is 0.454 e. The van der Waals surface area contributed by atoms with Crippen LogP contribution < -0.4 is 0 Å². The number of rotatable bonds is 2. The lowest BCUT2D eigenvalue weighted by molar-refractivity contribution is 0.178. The summed E-state index contributed by atoms with van der Waals surface area (Å²) in [6.07, 6.45) is 0. The van der Waals surface area contributed by atoms with Gasteiger partial charge in [0.1, 0.15) is 0 Å². The van der Waals surface area contributed by atoms with Gasteiger partial charge in [0, 0.05) is 0 Å². The van der Waals surface area contributed by atoms with Crippen LogP contribution in [0.15, 0.2) is 23.1 Å². The molecule has 88 valence electrons. The number of hydrogen-bond acceptors (Lipinski definition) is 4. The Hall–Kier alpha value is -1.36. The Morgan fingerprint density at radius 1 is 1.31 bits per heavy atom. The van der Waals surface area contributed by atoms with Crippen LogP contribution >= 0.6 is 0 Å². The molecular formula is C11H14O4S. The Morgan fingerprint density at radius 3 is 2.50 bits per heavy atom. The van der Waals surface area contributed by atoms with Gasteiger partial charge in [0.15, 0.2) is 0 Å². The maximum Gasteiger partial charge on any atom is 0.429 e.